The van der Waals surface area contributed by atoms with E-state index in [4.69, 9.17) is 4.42 Å². The van der Waals surface area contributed by atoms with Crippen molar-refractivity contribution < 1.29 is 13.6 Å². The van der Waals surface area contributed by atoms with Crippen molar-refractivity contribution in [3.8, 4) is 21.1 Å². The summed E-state index contributed by atoms with van der Waals surface area (Å²) in [6.07, 6.45) is 7.21. The number of nitrogens with zero attached hydrogens (tertiary/aromatic N) is 3. The minimum Gasteiger partial charge on any atom is -0.443 e. The van der Waals surface area contributed by atoms with Crippen LogP contribution in [0.5, 0.6) is 0 Å². The van der Waals surface area contributed by atoms with Gasteiger partial charge in [0.15, 0.2) is 18.0 Å². The number of thiophene rings is 1. The quantitative estimate of drug-likeness (QED) is 0.534. The third-order valence-corrected chi connectivity index (χ3v) is 5.48. The van der Waals surface area contributed by atoms with E-state index in [2.05, 4.69) is 20.3 Å². The van der Waals surface area contributed by atoms with Gasteiger partial charge >= 0.3 is 0 Å². The van der Waals surface area contributed by atoms with E-state index in [1.807, 2.05) is 19.1 Å². The van der Waals surface area contributed by atoms with Crippen LogP contribution >= 0.6 is 11.3 Å². The first kappa shape index (κ1) is 18.0. The van der Waals surface area contributed by atoms with E-state index in [1.165, 1.54) is 12.6 Å². The summed E-state index contributed by atoms with van der Waals surface area (Å²) < 4.78 is 19.2. The Labute approximate surface area is 164 Å². The van der Waals surface area contributed by atoms with Crippen LogP contribution in [0, 0.1) is 19.7 Å². The van der Waals surface area contributed by atoms with Gasteiger partial charge in [0.05, 0.1) is 22.8 Å². The molecule has 0 unspecified atom stereocenters. The Kier molecular flexibility index (Phi) is 4.70. The molecule has 4 heterocycles. The van der Waals surface area contributed by atoms with Crippen LogP contribution in [0.15, 0.2) is 53.8 Å². The van der Waals surface area contributed by atoms with Crippen molar-refractivity contribution in [3.05, 3.63) is 71.9 Å². The van der Waals surface area contributed by atoms with Gasteiger partial charge < -0.3 is 9.73 Å². The van der Waals surface area contributed by atoms with Crippen LogP contribution in [0.4, 0.5) is 10.2 Å². The summed E-state index contributed by atoms with van der Waals surface area (Å²) >= 11 is 1.57. The van der Waals surface area contributed by atoms with Crippen LogP contribution < -0.4 is 5.32 Å². The van der Waals surface area contributed by atoms with Crippen molar-refractivity contribution >= 4 is 23.1 Å². The lowest BCUT2D eigenvalue weighted by Gasteiger charge is -2.08. The van der Waals surface area contributed by atoms with Gasteiger partial charge in [0.25, 0.3) is 5.91 Å². The minimum atomic E-state index is -0.664. The van der Waals surface area contributed by atoms with Crippen molar-refractivity contribution in [2.24, 2.45) is 0 Å². The van der Waals surface area contributed by atoms with E-state index >= 15 is 0 Å². The maximum Gasteiger partial charge on any atom is 0.260 e. The molecule has 0 fully saturated rings. The Morgan fingerprint density at radius 2 is 1.96 bits per heavy atom. The number of pyridine rings is 2. The predicted octanol–water partition coefficient (Wildman–Crippen LogP) is 4.87. The molecule has 0 aromatic carbocycles. The van der Waals surface area contributed by atoms with E-state index in [-0.39, 0.29) is 5.56 Å². The number of hydrogen-bond donors (Lipinski definition) is 1. The van der Waals surface area contributed by atoms with Crippen molar-refractivity contribution in [1.29, 1.82) is 0 Å². The number of anilines is 1. The molecule has 1 amide bonds. The first-order chi connectivity index (χ1) is 13.5. The second kappa shape index (κ2) is 7.32. The van der Waals surface area contributed by atoms with Gasteiger partial charge in [-0.2, -0.15) is 0 Å². The molecule has 0 aliphatic rings. The molecule has 28 heavy (non-hydrogen) atoms. The summed E-state index contributed by atoms with van der Waals surface area (Å²) in [5.41, 5.74) is 2.43. The van der Waals surface area contributed by atoms with Gasteiger partial charge in [-0.1, -0.05) is 0 Å². The number of carbonyl (C=O) groups is 1. The molecule has 1 N–H and O–H groups in total. The van der Waals surface area contributed by atoms with Gasteiger partial charge in [-0.05, 0) is 43.2 Å². The Hall–Kier alpha value is -3.39. The molecule has 8 heteroatoms. The van der Waals surface area contributed by atoms with E-state index in [0.29, 0.717) is 17.1 Å². The summed E-state index contributed by atoms with van der Waals surface area (Å²) in [7, 11) is 0. The molecule has 0 bridgehead atoms. The van der Waals surface area contributed by atoms with Crippen LogP contribution in [0.3, 0.4) is 0 Å². The molecule has 0 saturated carbocycles. The lowest BCUT2D eigenvalue weighted by atomic mass is 10.1. The largest absolute Gasteiger partial charge is 0.443 e. The maximum absolute atomic E-state index is 13.9. The van der Waals surface area contributed by atoms with Gasteiger partial charge in [-0.25, -0.2) is 14.4 Å². The van der Waals surface area contributed by atoms with E-state index < -0.39 is 11.7 Å². The summed E-state index contributed by atoms with van der Waals surface area (Å²) in [5, 5.41) is 2.62. The highest BCUT2D eigenvalue weighted by atomic mass is 32.1. The van der Waals surface area contributed by atoms with Gasteiger partial charge in [0.2, 0.25) is 0 Å². The van der Waals surface area contributed by atoms with Gasteiger partial charge in [-0.15, -0.1) is 11.3 Å². The molecular weight excluding hydrogens is 379 g/mol. The number of nitrogens with one attached hydrogen (secondary N) is 1. The molecule has 0 radical (unpaired) electrons. The Morgan fingerprint density at radius 1 is 1.11 bits per heavy atom. The monoisotopic (exact) mass is 394 g/mol. The normalized spacial score (nSPS) is 10.8. The zero-order valence-electron chi connectivity index (χ0n) is 15.1. The van der Waals surface area contributed by atoms with Crippen LogP contribution in [-0.2, 0) is 0 Å². The highest BCUT2D eigenvalue weighted by molar-refractivity contribution is 7.19. The van der Waals surface area contributed by atoms with Crippen molar-refractivity contribution in [2.45, 2.75) is 13.8 Å². The number of amides is 1. The number of hydrogen-bond acceptors (Lipinski definition) is 6. The molecule has 0 atom stereocenters. The van der Waals surface area contributed by atoms with Crippen molar-refractivity contribution in [1.82, 2.24) is 15.0 Å². The van der Waals surface area contributed by atoms with Gasteiger partial charge in [0, 0.05) is 22.8 Å². The average Bonchev–Trinajstić information content (AvgIpc) is 3.32. The topological polar surface area (TPSA) is 80.9 Å². The maximum atomic E-state index is 13.9. The lowest BCUT2D eigenvalue weighted by molar-refractivity contribution is 0.102. The van der Waals surface area contributed by atoms with Crippen LogP contribution in [-0.4, -0.2) is 20.9 Å². The molecule has 4 aromatic heterocycles. The molecule has 0 aliphatic carbocycles. The molecule has 140 valence electrons. The summed E-state index contributed by atoms with van der Waals surface area (Å²) in [6, 6.07) is 5.58. The number of aromatic nitrogens is 3. The Balaban J connectivity index is 1.56. The van der Waals surface area contributed by atoms with Crippen LogP contribution in [0.2, 0.25) is 0 Å². The fraction of sp³-hybridized carbons (Fsp3) is 0.100. The standard InChI is InChI=1S/C20H15FN4O2S/c1-11-5-16(15-9-23-10-27-15)28-19(11)13-3-4-17(24-7-13)25-20(26)18-12(2)6-22-8-14(18)21/h3-10H,1-2H3,(H,24,25,26). The summed E-state index contributed by atoms with van der Waals surface area (Å²) in [4.78, 5) is 26.4. The fourth-order valence-electron chi connectivity index (χ4n) is 2.83. The molecular formula is C20H15FN4O2S. The first-order valence-electron chi connectivity index (χ1n) is 8.40. The SMILES string of the molecule is Cc1cc(-c2cnco2)sc1-c1ccc(NC(=O)c2c(C)cncc2F)nc1. The highest BCUT2D eigenvalue weighted by Crippen LogP contribution is 2.37. The zero-order chi connectivity index (χ0) is 19.7. The number of rotatable bonds is 4. The summed E-state index contributed by atoms with van der Waals surface area (Å²) in [5.74, 6) is -0.166. The van der Waals surface area contributed by atoms with E-state index in [9.17, 15) is 9.18 Å². The molecule has 0 spiro atoms. The third-order valence-electron chi connectivity index (χ3n) is 4.18. The molecule has 0 saturated heterocycles. The number of carbonyl (C=O) groups excluding carboxylic acids is 1. The number of halogens is 1. The molecule has 6 nitrogen and oxygen atoms in total. The van der Waals surface area contributed by atoms with Crippen LogP contribution in [0.1, 0.15) is 21.5 Å². The third kappa shape index (κ3) is 3.41. The predicted molar refractivity (Wildman–Crippen MR) is 105 cm³/mol. The molecule has 4 rings (SSSR count). The first-order valence-corrected chi connectivity index (χ1v) is 9.22. The highest BCUT2D eigenvalue weighted by Gasteiger charge is 2.16. The van der Waals surface area contributed by atoms with E-state index in [1.54, 1.807) is 36.7 Å². The number of aryl methyl sites for hydroxylation is 2. The van der Waals surface area contributed by atoms with Gasteiger partial charge in [0.1, 0.15) is 5.82 Å². The van der Waals surface area contributed by atoms with Crippen LogP contribution in [0.25, 0.3) is 21.1 Å². The van der Waals surface area contributed by atoms with E-state index in [0.717, 1.165) is 27.1 Å². The summed E-state index contributed by atoms with van der Waals surface area (Å²) in [6.45, 7) is 3.64. The Bertz CT molecular complexity index is 1120. The lowest BCUT2D eigenvalue weighted by Crippen LogP contribution is -2.16. The fourth-order valence-corrected chi connectivity index (χ4v) is 3.94. The smallest absolute Gasteiger partial charge is 0.260 e. The second-order valence-corrected chi connectivity index (χ2v) is 7.24. The zero-order valence-corrected chi connectivity index (χ0v) is 15.9. The average molecular weight is 394 g/mol. The van der Waals surface area contributed by atoms with Crippen molar-refractivity contribution in [2.75, 3.05) is 5.32 Å². The molecule has 4 aromatic rings. The van der Waals surface area contributed by atoms with Gasteiger partial charge in [-0.3, -0.25) is 9.78 Å². The molecule has 0 aliphatic heterocycles. The Morgan fingerprint density at radius 3 is 2.64 bits per heavy atom. The second-order valence-electron chi connectivity index (χ2n) is 6.19. The minimum absolute atomic E-state index is 0.0355. The van der Waals surface area contributed by atoms with Crippen molar-refractivity contribution in [3.63, 3.8) is 0 Å². The number of oxazole rings is 1.